The van der Waals surface area contributed by atoms with Crippen molar-refractivity contribution in [1.82, 2.24) is 23.9 Å². The molecule has 1 aliphatic heterocycles. The molecule has 0 saturated carbocycles. The Morgan fingerprint density at radius 1 is 0.875 bits per heavy atom. The lowest BCUT2D eigenvalue weighted by Gasteiger charge is -2.35. The van der Waals surface area contributed by atoms with Crippen LogP contribution in [0.2, 0.25) is 10.0 Å². The average Bonchev–Trinajstić information content (AvgIpc) is 3.90. The third-order valence-electron chi connectivity index (χ3n) is 12.3. The van der Waals surface area contributed by atoms with Crippen molar-refractivity contribution in [1.29, 1.82) is 0 Å². The van der Waals surface area contributed by atoms with E-state index >= 15 is 4.79 Å². The monoisotopic (exact) mass is 894 g/mol. The number of carboxylic acids is 1. The minimum absolute atomic E-state index is 0.0946. The maximum Gasteiger partial charge on any atom is 0.337 e. The van der Waals surface area contributed by atoms with Gasteiger partial charge in [0.2, 0.25) is 0 Å². The molecule has 326 valence electrons. The Hall–Kier alpha value is -6.56. The standard InChI is InChI=1S/C51H48Cl2N6O5/c1-29-21-36(22-30(2)46(29)53)63-20-12-16-38-39-17-18-42(52)45(44-32(4)55-56(6)33(44)5)48(39)59-31(3)25-58(50(60)49(38)59)43-24-37(64-28-34-13-8-7-9-14-34)23-40-41(51(61)62)27-57(47(40)43)26-35-15-10-11-19-54-35/h7-11,13-15,17-19,21-24,27,31H,12,16,20,25-26,28H2,1-6H3,(H,61,62). The molecule has 0 radical (unpaired) electrons. The molecule has 5 heterocycles. The van der Waals surface area contributed by atoms with Gasteiger partial charge < -0.3 is 28.6 Å². The minimum Gasteiger partial charge on any atom is -0.494 e. The molecule has 0 aliphatic carbocycles. The summed E-state index contributed by atoms with van der Waals surface area (Å²) in [5.74, 6) is -0.130. The Kier molecular flexibility index (Phi) is 11.5. The van der Waals surface area contributed by atoms with Crippen molar-refractivity contribution in [2.45, 2.75) is 66.7 Å². The Morgan fingerprint density at radius 2 is 1.61 bits per heavy atom. The molecule has 11 nitrogen and oxygen atoms in total. The molecule has 4 aromatic heterocycles. The smallest absolute Gasteiger partial charge is 0.337 e. The molecular formula is C51H48Cl2N6O5. The molecular weight excluding hydrogens is 848 g/mol. The lowest BCUT2D eigenvalue weighted by Crippen LogP contribution is -2.43. The summed E-state index contributed by atoms with van der Waals surface area (Å²) in [7, 11) is 1.92. The van der Waals surface area contributed by atoms with Crippen LogP contribution in [0.4, 0.5) is 5.69 Å². The molecule has 1 aliphatic rings. The van der Waals surface area contributed by atoms with E-state index in [1.807, 2.05) is 123 Å². The number of nitrogens with zero attached hydrogens (tertiary/aromatic N) is 6. The quantitative estimate of drug-likeness (QED) is 0.115. The van der Waals surface area contributed by atoms with Crippen molar-refractivity contribution >= 4 is 62.6 Å². The van der Waals surface area contributed by atoms with Crippen LogP contribution < -0.4 is 14.4 Å². The zero-order chi connectivity index (χ0) is 45.0. The summed E-state index contributed by atoms with van der Waals surface area (Å²) < 4.78 is 18.6. The number of ether oxygens (including phenoxy) is 2. The second kappa shape index (κ2) is 17.2. The second-order valence-corrected chi connectivity index (χ2v) is 17.5. The van der Waals surface area contributed by atoms with Crippen molar-refractivity contribution in [2.75, 3.05) is 18.1 Å². The maximum absolute atomic E-state index is 15.8. The second-order valence-electron chi connectivity index (χ2n) is 16.7. The van der Waals surface area contributed by atoms with Gasteiger partial charge >= 0.3 is 5.97 Å². The van der Waals surface area contributed by atoms with Gasteiger partial charge in [-0.1, -0.05) is 65.7 Å². The summed E-state index contributed by atoms with van der Waals surface area (Å²) >= 11 is 13.7. The SMILES string of the molecule is Cc1cc(OCCCc2c3n(c4c(-c5c(C)nn(C)c5C)c(Cl)ccc24)C(C)CN(c2cc(OCc4ccccc4)cc4c(C(=O)O)cn(Cc5ccccn5)c24)C3=O)cc(C)c1Cl. The van der Waals surface area contributed by atoms with Crippen LogP contribution in [0.3, 0.4) is 0 Å². The Bertz CT molecular complexity index is 3090. The summed E-state index contributed by atoms with van der Waals surface area (Å²) in [6.45, 7) is 11.3. The largest absolute Gasteiger partial charge is 0.494 e. The zero-order valence-corrected chi connectivity index (χ0v) is 38.1. The molecule has 9 rings (SSSR count). The highest BCUT2D eigenvalue weighted by Crippen LogP contribution is 2.46. The molecule has 64 heavy (non-hydrogen) atoms. The number of rotatable bonds is 13. The van der Waals surface area contributed by atoms with Gasteiger partial charge in [-0.25, -0.2) is 4.79 Å². The van der Waals surface area contributed by atoms with Gasteiger partial charge in [-0.05, 0) is 106 Å². The topological polar surface area (TPSA) is 117 Å². The summed E-state index contributed by atoms with van der Waals surface area (Å²) in [5, 5.41) is 18.0. The zero-order valence-electron chi connectivity index (χ0n) is 36.6. The first-order valence-electron chi connectivity index (χ1n) is 21.3. The van der Waals surface area contributed by atoms with E-state index in [4.69, 9.17) is 37.8 Å². The lowest BCUT2D eigenvalue weighted by molar-refractivity contribution is 0.0698. The first-order chi connectivity index (χ1) is 30.8. The van der Waals surface area contributed by atoms with Gasteiger partial charge in [0.15, 0.2) is 0 Å². The first kappa shape index (κ1) is 42.7. The predicted molar refractivity (Wildman–Crippen MR) is 253 cm³/mol. The number of fused-ring (bicyclic) bond motifs is 4. The van der Waals surface area contributed by atoms with Crippen LogP contribution in [0.25, 0.3) is 32.9 Å². The van der Waals surface area contributed by atoms with Crippen molar-refractivity contribution in [3.63, 3.8) is 0 Å². The molecule has 0 spiro atoms. The number of carbonyl (C=O) groups is 2. The Labute approximate surface area is 381 Å². The number of aromatic nitrogens is 5. The van der Waals surface area contributed by atoms with Gasteiger partial charge in [0.25, 0.3) is 5.91 Å². The van der Waals surface area contributed by atoms with E-state index in [2.05, 4.69) is 16.5 Å². The van der Waals surface area contributed by atoms with Crippen LogP contribution in [-0.2, 0) is 26.6 Å². The number of anilines is 1. The number of benzene rings is 4. The maximum atomic E-state index is 15.8. The highest BCUT2D eigenvalue weighted by atomic mass is 35.5. The van der Waals surface area contributed by atoms with Gasteiger partial charge in [0.05, 0.1) is 51.8 Å². The number of pyridine rings is 1. The summed E-state index contributed by atoms with van der Waals surface area (Å²) in [4.78, 5) is 35.1. The third kappa shape index (κ3) is 7.66. The first-order valence-corrected chi connectivity index (χ1v) is 22.1. The fourth-order valence-electron chi connectivity index (χ4n) is 9.32. The van der Waals surface area contributed by atoms with E-state index in [0.717, 1.165) is 72.1 Å². The number of amides is 1. The molecule has 0 bridgehead atoms. The van der Waals surface area contributed by atoms with Gasteiger partial charge in [-0.2, -0.15) is 5.10 Å². The molecule has 0 saturated heterocycles. The molecule has 1 amide bonds. The van der Waals surface area contributed by atoms with Crippen LogP contribution in [-0.4, -0.2) is 54.0 Å². The molecule has 0 fully saturated rings. The van der Waals surface area contributed by atoms with Crippen LogP contribution in [0, 0.1) is 27.7 Å². The third-order valence-corrected chi connectivity index (χ3v) is 13.2. The minimum atomic E-state index is -1.09. The van der Waals surface area contributed by atoms with Gasteiger partial charge in [-0.3, -0.25) is 14.5 Å². The van der Waals surface area contributed by atoms with E-state index in [1.165, 1.54) is 0 Å². The molecule has 13 heteroatoms. The fraction of sp³-hybridized carbons (Fsp3) is 0.255. The molecule has 1 unspecified atom stereocenters. The lowest BCUT2D eigenvalue weighted by atomic mass is 9.98. The molecule has 1 N–H and O–H groups in total. The summed E-state index contributed by atoms with van der Waals surface area (Å²) in [6, 6.07) is 26.6. The van der Waals surface area contributed by atoms with Gasteiger partial charge in [-0.15, -0.1) is 0 Å². The number of aromatic carboxylic acids is 1. The van der Waals surface area contributed by atoms with E-state index in [0.29, 0.717) is 52.5 Å². The number of carboxylic acid groups (broad SMARTS) is 1. The van der Waals surface area contributed by atoms with Crippen LogP contribution in [0.5, 0.6) is 11.5 Å². The number of hydrogen-bond donors (Lipinski definition) is 1. The van der Waals surface area contributed by atoms with E-state index in [9.17, 15) is 9.90 Å². The number of carbonyl (C=O) groups excluding carboxylic acids is 1. The van der Waals surface area contributed by atoms with Crippen molar-refractivity contribution in [2.24, 2.45) is 7.05 Å². The molecule has 4 aromatic carbocycles. The van der Waals surface area contributed by atoms with E-state index < -0.39 is 5.97 Å². The predicted octanol–water partition coefficient (Wildman–Crippen LogP) is 11.5. The Balaban J connectivity index is 1.22. The van der Waals surface area contributed by atoms with Gasteiger partial charge in [0, 0.05) is 70.7 Å². The van der Waals surface area contributed by atoms with Crippen molar-refractivity contribution < 1.29 is 24.2 Å². The van der Waals surface area contributed by atoms with Gasteiger partial charge in [0.1, 0.15) is 23.8 Å². The Morgan fingerprint density at radius 3 is 2.30 bits per heavy atom. The highest BCUT2D eigenvalue weighted by Gasteiger charge is 2.38. The number of hydrogen-bond acceptors (Lipinski definition) is 6. The fourth-order valence-corrected chi connectivity index (χ4v) is 9.67. The van der Waals surface area contributed by atoms with Crippen molar-refractivity contribution in [3.05, 3.63) is 158 Å². The normalized spacial score (nSPS) is 13.8. The van der Waals surface area contributed by atoms with Crippen LogP contribution in [0.1, 0.15) is 79.6 Å². The van der Waals surface area contributed by atoms with Crippen LogP contribution >= 0.6 is 23.2 Å². The number of aryl methyl sites for hydroxylation is 5. The van der Waals surface area contributed by atoms with E-state index in [-0.39, 0.29) is 37.2 Å². The average molecular weight is 896 g/mol. The molecule has 8 aromatic rings. The molecule has 1 atom stereocenters. The summed E-state index contributed by atoms with van der Waals surface area (Å²) in [6.07, 6.45) is 4.48. The highest BCUT2D eigenvalue weighted by molar-refractivity contribution is 6.35. The summed E-state index contributed by atoms with van der Waals surface area (Å²) in [5.41, 5.74) is 10.7. The number of halogens is 2. The van der Waals surface area contributed by atoms with E-state index in [1.54, 1.807) is 23.4 Å². The van der Waals surface area contributed by atoms with Crippen molar-refractivity contribution in [3.8, 4) is 22.6 Å². The van der Waals surface area contributed by atoms with Crippen LogP contribution in [0.15, 0.2) is 97.3 Å².